The summed E-state index contributed by atoms with van der Waals surface area (Å²) in [6.45, 7) is 8.88. The predicted molar refractivity (Wildman–Crippen MR) is 60.0 cm³/mol. The average Bonchev–Trinajstić information content (AvgIpc) is 2.29. The lowest BCUT2D eigenvalue weighted by molar-refractivity contribution is 0.378. The van der Waals surface area contributed by atoms with Crippen LogP contribution in [0.1, 0.15) is 39.3 Å². The fraction of sp³-hybridized carbons (Fsp3) is 0.727. The normalized spacial score (nSPS) is 12.0. The Hall–Kier alpha value is -0.990. The first-order valence-electron chi connectivity index (χ1n) is 5.22. The highest BCUT2D eigenvalue weighted by Crippen LogP contribution is 2.33. The van der Waals surface area contributed by atoms with Gasteiger partial charge in [-0.05, 0) is 11.8 Å². The van der Waals surface area contributed by atoms with Gasteiger partial charge in [-0.25, -0.2) is 0 Å². The molecule has 0 fully saturated rings. The molecule has 1 aromatic heterocycles. The van der Waals surface area contributed by atoms with Gasteiger partial charge in [0.15, 0.2) is 0 Å². The molecule has 0 saturated carbocycles. The molecule has 0 atom stereocenters. The molecule has 3 nitrogen and oxygen atoms in total. The molecule has 0 aliphatic carbocycles. The van der Waals surface area contributed by atoms with Crippen LogP contribution < -0.4 is 5.73 Å². The van der Waals surface area contributed by atoms with Gasteiger partial charge in [-0.15, -0.1) is 0 Å². The first-order valence-corrected chi connectivity index (χ1v) is 5.22. The maximum absolute atomic E-state index is 5.93. The maximum Gasteiger partial charge on any atom is 0.0889 e. The van der Waals surface area contributed by atoms with Gasteiger partial charge in [0, 0.05) is 19.2 Å². The topological polar surface area (TPSA) is 43.8 Å². The highest BCUT2D eigenvalue weighted by molar-refractivity contribution is 5.43. The van der Waals surface area contributed by atoms with E-state index in [1.165, 1.54) is 0 Å². The molecule has 2 N–H and O–H groups in total. The number of nitrogen functional groups attached to an aromatic ring is 1. The molecular formula is C11H21N3. The molecule has 0 aliphatic rings. The third kappa shape index (κ3) is 2.08. The average molecular weight is 195 g/mol. The number of nitrogens with two attached hydrogens (primary N) is 1. The molecule has 0 unspecified atom stereocenters. The number of nitrogens with zero attached hydrogens (tertiary/aromatic N) is 2. The van der Waals surface area contributed by atoms with Gasteiger partial charge in [-0.2, -0.15) is 5.10 Å². The lowest BCUT2D eigenvalue weighted by atomic mass is 9.82. The Bertz CT molecular complexity index is 291. The molecule has 0 aliphatic heterocycles. The molecule has 14 heavy (non-hydrogen) atoms. The van der Waals surface area contributed by atoms with Gasteiger partial charge in [0.05, 0.1) is 11.4 Å². The number of rotatable bonds is 3. The van der Waals surface area contributed by atoms with Gasteiger partial charge in [-0.1, -0.05) is 27.7 Å². The van der Waals surface area contributed by atoms with E-state index in [1.807, 2.05) is 13.2 Å². The second kappa shape index (κ2) is 4.03. The van der Waals surface area contributed by atoms with Crippen LogP contribution in [0.15, 0.2) is 6.20 Å². The molecule has 0 aromatic carbocycles. The van der Waals surface area contributed by atoms with Crippen LogP contribution in [0.4, 0.5) is 5.69 Å². The summed E-state index contributed by atoms with van der Waals surface area (Å²) in [6.07, 6.45) is 1.88. The molecule has 80 valence electrons. The molecule has 0 spiro atoms. The van der Waals surface area contributed by atoms with Crippen LogP contribution in [-0.4, -0.2) is 9.78 Å². The quantitative estimate of drug-likeness (QED) is 0.804. The van der Waals surface area contributed by atoms with Crippen molar-refractivity contribution >= 4 is 5.69 Å². The van der Waals surface area contributed by atoms with Crippen molar-refractivity contribution in [2.45, 2.75) is 33.6 Å². The molecule has 0 radical (unpaired) electrons. The van der Waals surface area contributed by atoms with Crippen molar-refractivity contribution in [2.75, 3.05) is 5.73 Å². The smallest absolute Gasteiger partial charge is 0.0889 e. The number of aryl methyl sites for hydroxylation is 1. The zero-order valence-corrected chi connectivity index (χ0v) is 9.78. The van der Waals surface area contributed by atoms with E-state index in [-0.39, 0.29) is 0 Å². The predicted octanol–water partition coefficient (Wildman–Crippen LogP) is 2.40. The van der Waals surface area contributed by atoms with Gasteiger partial charge in [-0.3, -0.25) is 4.68 Å². The summed E-state index contributed by atoms with van der Waals surface area (Å²) in [4.78, 5) is 0. The van der Waals surface area contributed by atoms with E-state index in [0.717, 1.165) is 11.4 Å². The Labute approximate surface area is 86.3 Å². The summed E-state index contributed by atoms with van der Waals surface area (Å²) < 4.78 is 1.79. The fourth-order valence-corrected chi connectivity index (χ4v) is 2.18. The largest absolute Gasteiger partial charge is 0.396 e. The lowest BCUT2D eigenvalue weighted by Gasteiger charge is -2.23. The van der Waals surface area contributed by atoms with Crippen LogP contribution in [0.5, 0.6) is 0 Å². The third-order valence-corrected chi connectivity index (χ3v) is 2.64. The molecule has 0 bridgehead atoms. The van der Waals surface area contributed by atoms with Crippen molar-refractivity contribution in [3.8, 4) is 0 Å². The Balaban J connectivity index is 3.05. The molecular weight excluding hydrogens is 174 g/mol. The summed E-state index contributed by atoms with van der Waals surface area (Å²) in [5.41, 5.74) is 7.81. The number of hydrogen-bond donors (Lipinski definition) is 1. The summed E-state index contributed by atoms with van der Waals surface area (Å²) in [6, 6.07) is 0. The monoisotopic (exact) mass is 195 g/mol. The molecule has 3 heteroatoms. The second-order valence-electron chi connectivity index (χ2n) is 4.66. The summed E-state index contributed by atoms with van der Waals surface area (Å²) in [5, 5.41) is 4.44. The van der Waals surface area contributed by atoms with E-state index >= 15 is 0 Å². The second-order valence-corrected chi connectivity index (χ2v) is 4.66. The van der Waals surface area contributed by atoms with E-state index in [0.29, 0.717) is 17.8 Å². The zero-order valence-electron chi connectivity index (χ0n) is 9.78. The first-order chi connectivity index (χ1) is 6.43. The first kappa shape index (κ1) is 11.1. The van der Waals surface area contributed by atoms with Crippen molar-refractivity contribution < 1.29 is 0 Å². The Morgan fingerprint density at radius 3 is 2.00 bits per heavy atom. The summed E-state index contributed by atoms with van der Waals surface area (Å²) in [7, 11) is 1.91. The van der Waals surface area contributed by atoms with Crippen molar-refractivity contribution in [1.29, 1.82) is 0 Å². The molecule has 1 aromatic rings. The molecule has 1 heterocycles. The van der Waals surface area contributed by atoms with Crippen LogP contribution in [0.25, 0.3) is 0 Å². The minimum atomic E-state index is 0.455. The van der Waals surface area contributed by atoms with Gasteiger partial charge in [0.2, 0.25) is 0 Å². The number of aromatic nitrogens is 2. The van der Waals surface area contributed by atoms with E-state index in [2.05, 4.69) is 32.8 Å². The molecule has 0 saturated heterocycles. The van der Waals surface area contributed by atoms with E-state index in [9.17, 15) is 0 Å². The van der Waals surface area contributed by atoms with E-state index in [1.54, 1.807) is 4.68 Å². The fourth-order valence-electron chi connectivity index (χ4n) is 2.18. The van der Waals surface area contributed by atoms with Crippen LogP contribution in [-0.2, 0) is 7.05 Å². The van der Waals surface area contributed by atoms with Crippen molar-refractivity contribution in [3.05, 3.63) is 11.9 Å². The highest BCUT2D eigenvalue weighted by Gasteiger charge is 2.24. The van der Waals surface area contributed by atoms with Crippen molar-refractivity contribution in [1.82, 2.24) is 9.78 Å². The third-order valence-electron chi connectivity index (χ3n) is 2.64. The van der Waals surface area contributed by atoms with Gasteiger partial charge >= 0.3 is 0 Å². The van der Waals surface area contributed by atoms with Crippen LogP contribution in [0.3, 0.4) is 0 Å². The Morgan fingerprint density at radius 2 is 1.71 bits per heavy atom. The van der Waals surface area contributed by atoms with Crippen LogP contribution in [0, 0.1) is 11.8 Å². The zero-order chi connectivity index (χ0) is 10.9. The van der Waals surface area contributed by atoms with Crippen LogP contribution in [0.2, 0.25) is 0 Å². The van der Waals surface area contributed by atoms with Crippen LogP contribution >= 0.6 is 0 Å². The van der Waals surface area contributed by atoms with Crippen molar-refractivity contribution in [3.63, 3.8) is 0 Å². The van der Waals surface area contributed by atoms with Gasteiger partial charge in [0.25, 0.3) is 0 Å². The SMILES string of the molecule is CC(C)C(c1nn(C)cc1N)C(C)C. The van der Waals surface area contributed by atoms with E-state index in [4.69, 9.17) is 5.73 Å². The Kier molecular flexibility index (Phi) is 3.19. The minimum absolute atomic E-state index is 0.455. The lowest BCUT2D eigenvalue weighted by Crippen LogP contribution is -2.15. The van der Waals surface area contributed by atoms with Gasteiger partial charge in [0.1, 0.15) is 0 Å². The van der Waals surface area contributed by atoms with Gasteiger partial charge < -0.3 is 5.73 Å². The summed E-state index contributed by atoms with van der Waals surface area (Å²) in [5.74, 6) is 1.61. The number of hydrogen-bond acceptors (Lipinski definition) is 2. The van der Waals surface area contributed by atoms with Crippen molar-refractivity contribution in [2.24, 2.45) is 18.9 Å². The molecule has 0 amide bonds. The highest BCUT2D eigenvalue weighted by atomic mass is 15.3. The number of anilines is 1. The Morgan fingerprint density at radius 1 is 1.21 bits per heavy atom. The summed E-state index contributed by atoms with van der Waals surface area (Å²) >= 11 is 0. The van der Waals surface area contributed by atoms with E-state index < -0.39 is 0 Å². The maximum atomic E-state index is 5.93. The molecule has 1 rings (SSSR count). The standard InChI is InChI=1S/C11H21N3/c1-7(2)10(8(3)4)11-9(12)6-14(5)13-11/h6-8,10H,12H2,1-5H3. The minimum Gasteiger partial charge on any atom is -0.396 e.